The number of hydrogen-bond donors (Lipinski definition) is 1. The maximum Gasteiger partial charge on any atom is 0.267 e. The van der Waals surface area contributed by atoms with E-state index in [0.29, 0.717) is 17.9 Å². The Morgan fingerprint density at radius 2 is 2.08 bits per heavy atom. The van der Waals surface area contributed by atoms with Crippen molar-refractivity contribution in [3.05, 3.63) is 35.2 Å². The van der Waals surface area contributed by atoms with E-state index in [1.807, 2.05) is 11.0 Å². The number of aromatic nitrogens is 1. The molecule has 1 fully saturated rings. The van der Waals surface area contributed by atoms with Gasteiger partial charge in [0.25, 0.3) is 10.0 Å². The molecule has 1 amide bonds. The van der Waals surface area contributed by atoms with E-state index in [4.69, 9.17) is 4.52 Å². The second-order valence-electron chi connectivity index (χ2n) is 6.62. The van der Waals surface area contributed by atoms with Crippen molar-refractivity contribution in [1.82, 2.24) is 5.16 Å². The lowest BCUT2D eigenvalue weighted by molar-refractivity contribution is -0.119. The summed E-state index contributed by atoms with van der Waals surface area (Å²) in [7, 11) is -3.77. The van der Waals surface area contributed by atoms with Gasteiger partial charge < -0.3 is 9.42 Å². The van der Waals surface area contributed by atoms with Gasteiger partial charge in [0, 0.05) is 23.8 Å². The second-order valence-corrected chi connectivity index (χ2v) is 8.24. The highest BCUT2D eigenvalue weighted by Gasteiger charge is 2.36. The minimum atomic E-state index is -3.77. The second kappa shape index (κ2) is 5.59. The SMILES string of the molecule is Cc1noc(C)c1S(=O)(=O)Nc1ccc2c(c1)CCN2C(=O)C1CC1. The Bertz CT molecular complexity index is 941. The molecular weight excluding hydrogens is 342 g/mol. The molecule has 0 unspecified atom stereocenters. The van der Waals surface area contributed by atoms with Crippen LogP contribution in [0.1, 0.15) is 29.9 Å². The number of sulfonamides is 1. The predicted molar refractivity (Wildman–Crippen MR) is 92.0 cm³/mol. The van der Waals surface area contributed by atoms with Gasteiger partial charge in [-0.05, 0) is 56.9 Å². The summed E-state index contributed by atoms with van der Waals surface area (Å²) in [6.07, 6.45) is 2.68. The molecule has 2 aromatic rings. The quantitative estimate of drug-likeness (QED) is 0.903. The van der Waals surface area contributed by atoms with Gasteiger partial charge in [-0.15, -0.1) is 0 Å². The molecule has 0 atom stereocenters. The number of nitrogens with zero attached hydrogens (tertiary/aromatic N) is 2. The van der Waals surface area contributed by atoms with Crippen molar-refractivity contribution >= 4 is 27.3 Å². The molecule has 132 valence electrons. The number of carbonyl (C=O) groups excluding carboxylic acids is 1. The number of benzene rings is 1. The van der Waals surface area contributed by atoms with E-state index in [1.54, 1.807) is 26.0 Å². The molecule has 2 aliphatic rings. The number of hydrogen-bond acceptors (Lipinski definition) is 5. The third-order valence-corrected chi connectivity index (χ3v) is 6.28. The van der Waals surface area contributed by atoms with Crippen molar-refractivity contribution in [3.63, 3.8) is 0 Å². The van der Waals surface area contributed by atoms with E-state index >= 15 is 0 Å². The summed E-state index contributed by atoms with van der Waals surface area (Å²) < 4.78 is 32.7. The summed E-state index contributed by atoms with van der Waals surface area (Å²) in [5.74, 6) is 0.610. The topological polar surface area (TPSA) is 92.5 Å². The van der Waals surface area contributed by atoms with E-state index in [0.717, 1.165) is 30.5 Å². The van der Waals surface area contributed by atoms with Crippen LogP contribution in [0.4, 0.5) is 11.4 Å². The summed E-state index contributed by atoms with van der Waals surface area (Å²) >= 11 is 0. The first kappa shape index (κ1) is 16.1. The lowest BCUT2D eigenvalue weighted by atomic mass is 10.1. The normalized spacial score (nSPS) is 16.8. The molecule has 4 rings (SSSR count). The smallest absolute Gasteiger partial charge is 0.267 e. The maximum atomic E-state index is 12.6. The summed E-state index contributed by atoms with van der Waals surface area (Å²) in [4.78, 5) is 14.2. The monoisotopic (exact) mass is 361 g/mol. The fourth-order valence-electron chi connectivity index (χ4n) is 3.31. The fourth-order valence-corrected chi connectivity index (χ4v) is 4.69. The molecule has 1 N–H and O–H groups in total. The third kappa shape index (κ3) is 2.80. The van der Waals surface area contributed by atoms with Crippen LogP contribution in [0.5, 0.6) is 0 Å². The van der Waals surface area contributed by atoms with E-state index in [-0.39, 0.29) is 22.5 Å². The molecule has 1 aliphatic heterocycles. The number of amides is 1. The number of aryl methyl sites for hydroxylation is 2. The molecule has 8 heteroatoms. The fraction of sp³-hybridized carbons (Fsp3) is 0.412. The zero-order valence-corrected chi connectivity index (χ0v) is 14.9. The summed E-state index contributed by atoms with van der Waals surface area (Å²) in [6.45, 7) is 3.82. The van der Waals surface area contributed by atoms with Gasteiger partial charge in [-0.25, -0.2) is 8.42 Å². The number of nitrogens with one attached hydrogen (secondary N) is 1. The van der Waals surface area contributed by atoms with Gasteiger partial charge in [0.05, 0.1) is 0 Å². The molecule has 1 aromatic heterocycles. The molecule has 0 saturated heterocycles. The van der Waals surface area contributed by atoms with E-state index in [1.165, 1.54) is 0 Å². The largest absolute Gasteiger partial charge is 0.360 e. The first-order chi connectivity index (χ1) is 11.9. The van der Waals surface area contributed by atoms with E-state index in [9.17, 15) is 13.2 Å². The van der Waals surface area contributed by atoms with Crippen molar-refractivity contribution in [3.8, 4) is 0 Å². The number of carbonyl (C=O) groups is 1. The van der Waals surface area contributed by atoms with Crippen LogP contribution in [-0.4, -0.2) is 26.0 Å². The molecule has 1 saturated carbocycles. The van der Waals surface area contributed by atoms with Crippen LogP contribution in [0.15, 0.2) is 27.6 Å². The molecule has 1 aliphatic carbocycles. The van der Waals surface area contributed by atoms with Crippen molar-refractivity contribution in [2.75, 3.05) is 16.2 Å². The highest BCUT2D eigenvalue weighted by Crippen LogP contribution is 2.37. The zero-order chi connectivity index (χ0) is 17.8. The van der Waals surface area contributed by atoms with Crippen LogP contribution < -0.4 is 9.62 Å². The Kier molecular flexibility index (Phi) is 3.61. The maximum absolute atomic E-state index is 12.6. The minimum Gasteiger partial charge on any atom is -0.360 e. The summed E-state index contributed by atoms with van der Waals surface area (Å²) in [6, 6.07) is 5.30. The van der Waals surface area contributed by atoms with Gasteiger partial charge in [0.1, 0.15) is 5.69 Å². The van der Waals surface area contributed by atoms with Gasteiger partial charge in [-0.1, -0.05) is 5.16 Å². The van der Waals surface area contributed by atoms with Crippen LogP contribution >= 0.6 is 0 Å². The first-order valence-corrected chi connectivity index (χ1v) is 9.75. The van der Waals surface area contributed by atoms with E-state index in [2.05, 4.69) is 9.88 Å². The minimum absolute atomic E-state index is 0.0681. The lowest BCUT2D eigenvalue weighted by Gasteiger charge is -2.17. The van der Waals surface area contributed by atoms with Gasteiger partial charge >= 0.3 is 0 Å². The first-order valence-electron chi connectivity index (χ1n) is 8.27. The number of rotatable bonds is 4. The third-order valence-electron chi connectivity index (χ3n) is 4.66. The summed E-state index contributed by atoms with van der Waals surface area (Å²) in [5.41, 5.74) is 2.66. The molecular formula is C17H19N3O4S. The van der Waals surface area contributed by atoms with Crippen molar-refractivity contribution in [2.24, 2.45) is 5.92 Å². The summed E-state index contributed by atoms with van der Waals surface area (Å²) in [5, 5.41) is 3.70. The van der Waals surface area contributed by atoms with E-state index < -0.39 is 10.0 Å². The predicted octanol–water partition coefficient (Wildman–Crippen LogP) is 2.39. The van der Waals surface area contributed by atoms with Crippen molar-refractivity contribution < 1.29 is 17.7 Å². The Hall–Kier alpha value is -2.35. The molecule has 25 heavy (non-hydrogen) atoms. The van der Waals surface area contributed by atoms with Gasteiger partial charge in [-0.2, -0.15) is 0 Å². The van der Waals surface area contributed by atoms with Crippen LogP contribution in [0.2, 0.25) is 0 Å². The molecule has 2 heterocycles. The average Bonchev–Trinajstić information content (AvgIpc) is 3.23. The van der Waals surface area contributed by atoms with Gasteiger partial charge in [0.2, 0.25) is 5.91 Å². The number of fused-ring (bicyclic) bond motifs is 1. The Morgan fingerprint density at radius 3 is 2.72 bits per heavy atom. The Balaban J connectivity index is 1.60. The lowest BCUT2D eigenvalue weighted by Crippen LogP contribution is -2.30. The Labute approximate surface area is 146 Å². The Morgan fingerprint density at radius 1 is 1.32 bits per heavy atom. The van der Waals surface area contributed by atoms with Crippen LogP contribution in [-0.2, 0) is 21.2 Å². The number of anilines is 2. The van der Waals surface area contributed by atoms with Crippen LogP contribution in [0, 0.1) is 19.8 Å². The molecule has 7 nitrogen and oxygen atoms in total. The van der Waals surface area contributed by atoms with Crippen LogP contribution in [0.25, 0.3) is 0 Å². The van der Waals surface area contributed by atoms with Crippen LogP contribution in [0.3, 0.4) is 0 Å². The molecule has 0 radical (unpaired) electrons. The molecule has 0 bridgehead atoms. The molecule has 0 spiro atoms. The van der Waals surface area contributed by atoms with Gasteiger partial charge in [0.15, 0.2) is 10.7 Å². The van der Waals surface area contributed by atoms with Crippen molar-refractivity contribution in [1.29, 1.82) is 0 Å². The molecule has 1 aromatic carbocycles. The standard InChI is InChI=1S/C17H19N3O4S/c1-10-16(11(2)24-18-10)25(22,23)19-14-5-6-15-13(9-14)7-8-20(15)17(21)12-3-4-12/h5-6,9,12,19H,3-4,7-8H2,1-2H3. The van der Waals surface area contributed by atoms with Gasteiger partial charge in [-0.3, -0.25) is 9.52 Å². The highest BCUT2D eigenvalue weighted by atomic mass is 32.2. The zero-order valence-electron chi connectivity index (χ0n) is 14.1. The van der Waals surface area contributed by atoms with Crippen molar-refractivity contribution in [2.45, 2.75) is 38.0 Å². The highest BCUT2D eigenvalue weighted by molar-refractivity contribution is 7.92. The average molecular weight is 361 g/mol.